The molecule has 0 aliphatic carbocycles. The molecule has 0 heterocycles. The van der Waals surface area contributed by atoms with E-state index in [1.165, 1.54) is 250 Å². The van der Waals surface area contributed by atoms with E-state index >= 15 is 0 Å². The highest BCUT2D eigenvalue weighted by Crippen LogP contribution is 2.18. The lowest BCUT2D eigenvalue weighted by Gasteiger charge is -2.26. The molecule has 9 heteroatoms. The Hall–Kier alpha value is -3.27. The smallest absolute Gasteiger partial charge is 0.306 e. The summed E-state index contributed by atoms with van der Waals surface area (Å²) >= 11 is 0. The summed E-state index contributed by atoms with van der Waals surface area (Å²) in [7, 11) is 5.94. The van der Waals surface area contributed by atoms with Crippen LogP contribution in [0.2, 0.25) is 0 Å². The molecular weight excluding hydrogens is 1080 g/mol. The van der Waals surface area contributed by atoms with Crippen LogP contribution >= 0.6 is 0 Å². The number of hydrogen-bond acceptors (Lipinski definition) is 8. The molecule has 0 amide bonds. The van der Waals surface area contributed by atoms with E-state index in [1.54, 1.807) is 0 Å². The Morgan fingerprint density at radius 3 is 0.989 bits per heavy atom. The standard InChI is InChI=1S/C78H141NO8/c1-6-8-10-12-14-16-18-20-22-24-26-28-30-32-34-36-38-40-42-44-46-48-50-52-54-56-58-60-62-64-66-68-75(80)85-72-74(73-86-78(77(82)83)84-71-70-79(3,4)5)87-76(81)69-67-65-63-61-59-57-55-53-51-49-47-45-43-41-39-37-35-33-31-29-27-25-23-21-19-17-15-13-11-9-7-2/h9,11,15,17,21,23-24,26-27,29,33,35,74,78H,6-8,10,12-14,16,18-20,22,25,28,30-32,34,36-73H2,1-5H3/b11-9-,17-15-,23-21-,26-24-,29-27-,35-33-. The van der Waals surface area contributed by atoms with Gasteiger partial charge in [0.2, 0.25) is 0 Å². The topological polar surface area (TPSA) is 111 Å². The number of nitrogens with zero attached hydrogens (tertiary/aromatic N) is 1. The van der Waals surface area contributed by atoms with Crippen molar-refractivity contribution < 1.29 is 42.9 Å². The highest BCUT2D eigenvalue weighted by atomic mass is 16.7. The van der Waals surface area contributed by atoms with Crippen molar-refractivity contribution in [2.24, 2.45) is 0 Å². The predicted molar refractivity (Wildman–Crippen MR) is 371 cm³/mol. The van der Waals surface area contributed by atoms with Crippen LogP contribution in [0.5, 0.6) is 0 Å². The summed E-state index contributed by atoms with van der Waals surface area (Å²) in [6.45, 7) is 4.69. The average molecular weight is 1220 g/mol. The highest BCUT2D eigenvalue weighted by molar-refractivity contribution is 5.70. The van der Waals surface area contributed by atoms with E-state index in [9.17, 15) is 19.5 Å². The predicted octanol–water partition coefficient (Wildman–Crippen LogP) is 21.9. The quantitative estimate of drug-likeness (QED) is 0.0195. The van der Waals surface area contributed by atoms with Crippen molar-refractivity contribution in [3.63, 3.8) is 0 Å². The Balaban J connectivity index is 4.05. The number of allylic oxidation sites excluding steroid dienone is 12. The number of unbranched alkanes of at least 4 members (excludes halogenated alkanes) is 42. The number of carboxylic acids is 1. The van der Waals surface area contributed by atoms with Gasteiger partial charge in [0, 0.05) is 12.8 Å². The maximum Gasteiger partial charge on any atom is 0.306 e. The number of likely N-dealkylation sites (N-methyl/N-ethyl adjacent to an activating group) is 1. The van der Waals surface area contributed by atoms with Crippen LogP contribution in [-0.2, 0) is 33.3 Å². The molecule has 87 heavy (non-hydrogen) atoms. The van der Waals surface area contributed by atoms with E-state index in [0.29, 0.717) is 23.9 Å². The lowest BCUT2D eigenvalue weighted by atomic mass is 10.0. The number of aliphatic carboxylic acids is 1. The summed E-state index contributed by atoms with van der Waals surface area (Å²) in [5.74, 6) is -2.26. The van der Waals surface area contributed by atoms with Crippen molar-refractivity contribution in [3.8, 4) is 0 Å². The van der Waals surface area contributed by atoms with Crippen molar-refractivity contribution in [2.45, 2.75) is 360 Å². The van der Waals surface area contributed by atoms with Gasteiger partial charge in [-0.25, -0.2) is 0 Å². The average Bonchev–Trinajstić information content (AvgIpc) is 3.56. The van der Waals surface area contributed by atoms with Crippen molar-refractivity contribution >= 4 is 17.9 Å². The van der Waals surface area contributed by atoms with Crippen LogP contribution in [0.3, 0.4) is 0 Å². The summed E-state index contributed by atoms with van der Waals surface area (Å²) < 4.78 is 22.8. The van der Waals surface area contributed by atoms with Gasteiger partial charge in [0.15, 0.2) is 12.4 Å². The maximum absolute atomic E-state index is 12.9. The van der Waals surface area contributed by atoms with Gasteiger partial charge in [-0.05, 0) is 83.5 Å². The van der Waals surface area contributed by atoms with Crippen molar-refractivity contribution in [2.75, 3.05) is 47.5 Å². The van der Waals surface area contributed by atoms with Crippen LogP contribution in [0.1, 0.15) is 348 Å². The highest BCUT2D eigenvalue weighted by Gasteiger charge is 2.22. The summed E-state index contributed by atoms with van der Waals surface area (Å²) in [4.78, 5) is 37.5. The van der Waals surface area contributed by atoms with Crippen LogP contribution in [0, 0.1) is 0 Å². The van der Waals surface area contributed by atoms with Crippen LogP contribution < -0.4 is 5.11 Å². The molecule has 2 atom stereocenters. The fraction of sp³-hybridized carbons (Fsp3) is 0.808. The number of quaternary nitrogens is 1. The third-order valence-corrected chi connectivity index (χ3v) is 16.4. The van der Waals surface area contributed by atoms with Crippen LogP contribution in [0.25, 0.3) is 0 Å². The van der Waals surface area contributed by atoms with Gasteiger partial charge in [0.05, 0.1) is 40.3 Å². The van der Waals surface area contributed by atoms with Crippen LogP contribution in [0.15, 0.2) is 72.9 Å². The van der Waals surface area contributed by atoms with E-state index in [1.807, 2.05) is 21.1 Å². The third-order valence-electron chi connectivity index (χ3n) is 16.4. The zero-order valence-electron chi connectivity index (χ0n) is 57.9. The molecule has 0 fully saturated rings. The molecule has 0 spiro atoms. The normalized spacial score (nSPS) is 13.1. The Bertz CT molecular complexity index is 1660. The molecule has 0 saturated carbocycles. The molecule has 0 aromatic carbocycles. The zero-order valence-corrected chi connectivity index (χ0v) is 57.9. The SMILES string of the molecule is CC/C=C\C/C=C\C/C=C\C/C=C\C/C=C\CCCCCCCCCCCCCCCCCC(=O)OC(COC(=O)CCCCCCCCCCCCCCCCCCCCC/C=C\CCCCCCCCCC)COC(OCC[N+](C)(C)C)C(=O)[O-]. The molecule has 506 valence electrons. The first-order valence-corrected chi connectivity index (χ1v) is 37.1. The molecule has 0 saturated heterocycles. The Morgan fingerprint density at radius 1 is 0.356 bits per heavy atom. The zero-order chi connectivity index (χ0) is 63.3. The summed E-state index contributed by atoms with van der Waals surface area (Å²) in [6.07, 6.45) is 88.6. The number of ether oxygens (including phenoxy) is 4. The molecule has 0 radical (unpaired) electrons. The van der Waals surface area contributed by atoms with E-state index in [4.69, 9.17) is 18.9 Å². The Morgan fingerprint density at radius 2 is 0.655 bits per heavy atom. The molecule has 0 rings (SSSR count). The third kappa shape index (κ3) is 70.1. The number of carboxylic acid groups (broad SMARTS) is 1. The van der Waals surface area contributed by atoms with Gasteiger partial charge < -0.3 is 33.3 Å². The second kappa shape index (κ2) is 68.6. The van der Waals surface area contributed by atoms with E-state index < -0.39 is 24.3 Å². The molecule has 0 aliphatic heterocycles. The molecule has 2 unspecified atom stereocenters. The number of esters is 2. The van der Waals surface area contributed by atoms with E-state index in [0.717, 1.165) is 64.2 Å². The van der Waals surface area contributed by atoms with Crippen molar-refractivity contribution in [3.05, 3.63) is 72.9 Å². The van der Waals surface area contributed by atoms with Gasteiger partial charge in [-0.3, -0.25) is 9.59 Å². The van der Waals surface area contributed by atoms with Gasteiger partial charge in [0.25, 0.3) is 0 Å². The number of rotatable bonds is 69. The first-order valence-electron chi connectivity index (χ1n) is 37.1. The summed E-state index contributed by atoms with van der Waals surface area (Å²) in [5.41, 5.74) is 0. The first-order chi connectivity index (χ1) is 42.6. The molecule has 0 aliphatic rings. The van der Waals surface area contributed by atoms with Gasteiger partial charge in [-0.2, -0.15) is 0 Å². The summed E-state index contributed by atoms with van der Waals surface area (Å²) in [5, 5.41) is 11.8. The van der Waals surface area contributed by atoms with E-state index in [-0.39, 0.29) is 32.2 Å². The second-order valence-corrected chi connectivity index (χ2v) is 26.2. The lowest BCUT2D eigenvalue weighted by Crippen LogP contribution is -2.44. The monoisotopic (exact) mass is 1220 g/mol. The van der Waals surface area contributed by atoms with Gasteiger partial charge in [0.1, 0.15) is 13.2 Å². The number of carbonyl (C=O) groups excluding carboxylic acids is 3. The molecule has 0 aromatic rings. The molecule has 0 N–H and O–H groups in total. The molecule has 9 nitrogen and oxygen atoms in total. The Labute approximate surface area is 538 Å². The minimum Gasteiger partial charge on any atom is -0.545 e. The second-order valence-electron chi connectivity index (χ2n) is 26.2. The molecule has 0 bridgehead atoms. The van der Waals surface area contributed by atoms with Crippen LogP contribution in [-0.4, -0.2) is 82.3 Å². The van der Waals surface area contributed by atoms with Gasteiger partial charge in [-0.15, -0.1) is 0 Å². The van der Waals surface area contributed by atoms with Crippen LogP contribution in [0.4, 0.5) is 0 Å². The fourth-order valence-electron chi connectivity index (χ4n) is 10.8. The Kier molecular flexibility index (Phi) is 66.1. The summed E-state index contributed by atoms with van der Waals surface area (Å²) in [6, 6.07) is 0. The van der Waals surface area contributed by atoms with E-state index in [2.05, 4.69) is 86.8 Å². The minimum absolute atomic E-state index is 0.148. The molecule has 0 aromatic heterocycles. The minimum atomic E-state index is -1.62. The number of hydrogen-bond donors (Lipinski definition) is 0. The largest absolute Gasteiger partial charge is 0.545 e. The first kappa shape index (κ1) is 83.7. The van der Waals surface area contributed by atoms with Crippen molar-refractivity contribution in [1.82, 2.24) is 0 Å². The van der Waals surface area contributed by atoms with Gasteiger partial charge in [-0.1, -0.05) is 324 Å². The molecular formula is C78H141NO8. The number of carbonyl (C=O) groups is 3. The van der Waals surface area contributed by atoms with Crippen molar-refractivity contribution in [1.29, 1.82) is 0 Å². The fourth-order valence-corrected chi connectivity index (χ4v) is 10.8. The maximum atomic E-state index is 12.9. The van der Waals surface area contributed by atoms with Gasteiger partial charge >= 0.3 is 11.9 Å². The lowest BCUT2D eigenvalue weighted by molar-refractivity contribution is -0.870.